The first-order chi connectivity index (χ1) is 10.2. The van der Waals surface area contributed by atoms with E-state index in [0.717, 1.165) is 0 Å². The van der Waals surface area contributed by atoms with Crippen LogP contribution in [0.5, 0.6) is 0 Å². The molecule has 1 fully saturated rings. The lowest BCUT2D eigenvalue weighted by molar-refractivity contribution is 0.0203. The third-order valence-corrected chi connectivity index (χ3v) is 3.40. The Morgan fingerprint density at radius 1 is 1.40 bits per heavy atom. The van der Waals surface area contributed by atoms with Crippen LogP contribution in [0.2, 0.25) is 0 Å². The summed E-state index contributed by atoms with van der Waals surface area (Å²) >= 11 is 3.12. The Hall–Kier alpha value is -1.17. The van der Waals surface area contributed by atoms with E-state index < -0.39 is 5.60 Å². The molecule has 1 aliphatic heterocycles. The van der Waals surface area contributed by atoms with Crippen LogP contribution in [-0.2, 0) is 4.74 Å². The van der Waals surface area contributed by atoms with Gasteiger partial charge >= 0.3 is 6.09 Å². The largest absolute Gasteiger partial charge is 0.444 e. The Bertz CT molecular complexity index is 547. The quantitative estimate of drug-likeness (QED) is 0.784. The zero-order valence-electron chi connectivity index (χ0n) is 13.9. The highest BCUT2D eigenvalue weighted by Gasteiger charge is 2.28. The van der Waals surface area contributed by atoms with E-state index in [9.17, 15) is 4.79 Å². The van der Waals surface area contributed by atoms with E-state index in [1.54, 1.807) is 4.90 Å². The molecule has 0 bridgehead atoms. The summed E-state index contributed by atoms with van der Waals surface area (Å²) in [6.07, 6.45) is 1.18. The van der Waals surface area contributed by atoms with E-state index in [0.29, 0.717) is 36.2 Å². The molecule has 20 heavy (non-hydrogen) atoms. The standard InChI is InChI=1S/C14H20BrN3O2/c1-14(2,3)20-13(19)18-6-4-10(5-7-18)12-16-8-11(15)9-17-12/h8-10H,4-7H2,1-3H3/i8D,9D. The minimum atomic E-state index is -0.497. The average molecular weight is 344 g/mol. The van der Waals surface area contributed by atoms with Gasteiger partial charge in [0.25, 0.3) is 0 Å². The molecule has 0 saturated carbocycles. The molecule has 0 aromatic carbocycles. The lowest BCUT2D eigenvalue weighted by Crippen LogP contribution is -2.41. The van der Waals surface area contributed by atoms with Crippen molar-refractivity contribution >= 4 is 22.0 Å². The zero-order chi connectivity index (χ0) is 16.5. The van der Waals surface area contributed by atoms with Crippen molar-refractivity contribution in [1.29, 1.82) is 0 Å². The normalized spacial score (nSPS) is 18.5. The van der Waals surface area contributed by atoms with Crippen molar-refractivity contribution in [2.45, 2.75) is 45.1 Å². The van der Waals surface area contributed by atoms with Crippen LogP contribution in [0.3, 0.4) is 0 Å². The number of hydrogen-bond acceptors (Lipinski definition) is 4. The molecule has 6 heteroatoms. The van der Waals surface area contributed by atoms with Crippen LogP contribution in [0.4, 0.5) is 4.79 Å². The van der Waals surface area contributed by atoms with Crippen LogP contribution in [0, 0.1) is 0 Å². The zero-order valence-corrected chi connectivity index (χ0v) is 13.5. The van der Waals surface area contributed by atoms with Crippen LogP contribution in [-0.4, -0.2) is 39.7 Å². The SMILES string of the molecule is [2H]c1nc(C2CCN(C(=O)OC(C)(C)C)CC2)nc([2H])c1Br. The molecule has 0 unspecified atom stereocenters. The van der Waals surface area contributed by atoms with E-state index in [-0.39, 0.29) is 24.4 Å². The second-order valence-electron chi connectivity index (χ2n) is 5.86. The number of halogens is 1. The number of nitrogens with zero attached hydrogens (tertiary/aromatic N) is 3. The number of hydrogen-bond donors (Lipinski definition) is 0. The molecule has 1 aromatic rings. The minimum absolute atomic E-state index is 0.0320. The summed E-state index contributed by atoms with van der Waals surface area (Å²) in [6.45, 7) is 6.68. The fourth-order valence-corrected chi connectivity index (χ4v) is 2.27. The van der Waals surface area contributed by atoms with Gasteiger partial charge in [-0.1, -0.05) is 0 Å². The first kappa shape index (κ1) is 12.6. The predicted octanol–water partition coefficient (Wildman–Crippen LogP) is 3.35. The molecule has 2 heterocycles. The van der Waals surface area contributed by atoms with Crippen LogP contribution < -0.4 is 0 Å². The fraction of sp³-hybridized carbons (Fsp3) is 0.643. The summed E-state index contributed by atoms with van der Waals surface area (Å²) in [7, 11) is 0. The van der Waals surface area contributed by atoms with Crippen molar-refractivity contribution in [1.82, 2.24) is 14.9 Å². The van der Waals surface area contributed by atoms with E-state index >= 15 is 0 Å². The average Bonchev–Trinajstić information content (AvgIpc) is 2.42. The molecule has 110 valence electrons. The van der Waals surface area contributed by atoms with Gasteiger partial charge in [-0.25, -0.2) is 14.8 Å². The van der Waals surface area contributed by atoms with Gasteiger partial charge in [0.15, 0.2) is 0 Å². The van der Waals surface area contributed by atoms with Crippen LogP contribution in [0.15, 0.2) is 16.8 Å². The van der Waals surface area contributed by atoms with Gasteiger partial charge in [0.05, 0.1) is 7.21 Å². The van der Waals surface area contributed by atoms with Gasteiger partial charge < -0.3 is 9.64 Å². The number of carbonyl (C=O) groups is 1. The molecule has 0 N–H and O–H groups in total. The summed E-state index contributed by atoms with van der Waals surface area (Å²) in [5.74, 6) is 0.585. The topological polar surface area (TPSA) is 55.3 Å². The first-order valence-corrected chi connectivity index (χ1v) is 7.45. The van der Waals surface area contributed by atoms with Crippen LogP contribution in [0.25, 0.3) is 0 Å². The van der Waals surface area contributed by atoms with E-state index in [1.807, 2.05) is 20.8 Å². The molecule has 1 aliphatic rings. The Kier molecular flexibility index (Phi) is 3.82. The van der Waals surface area contributed by atoms with Gasteiger partial charge in [0, 0.05) is 31.4 Å². The second kappa shape index (κ2) is 6.08. The van der Waals surface area contributed by atoms with Crippen molar-refractivity contribution in [3.63, 3.8) is 0 Å². The molecule has 0 spiro atoms. The highest BCUT2D eigenvalue weighted by Crippen LogP contribution is 2.26. The Morgan fingerprint density at radius 3 is 2.45 bits per heavy atom. The predicted molar refractivity (Wildman–Crippen MR) is 79.5 cm³/mol. The van der Waals surface area contributed by atoms with Gasteiger partial charge in [-0.2, -0.15) is 0 Å². The van der Waals surface area contributed by atoms with Gasteiger partial charge in [-0.05, 0) is 49.5 Å². The fourth-order valence-electron chi connectivity index (χ4n) is 2.09. The number of carbonyl (C=O) groups excluding carboxylic acids is 1. The molecule has 2 rings (SSSR count). The van der Waals surface area contributed by atoms with Crippen molar-refractivity contribution in [3.05, 3.63) is 22.6 Å². The smallest absolute Gasteiger partial charge is 0.410 e. The lowest BCUT2D eigenvalue weighted by atomic mass is 9.96. The maximum absolute atomic E-state index is 12.0. The van der Waals surface area contributed by atoms with Crippen LogP contribution >= 0.6 is 15.9 Å². The third kappa shape index (κ3) is 4.16. The summed E-state index contributed by atoms with van der Waals surface area (Å²) in [5, 5.41) is 0. The molecule has 1 aromatic heterocycles. The van der Waals surface area contributed by atoms with Gasteiger partial charge in [0.2, 0.25) is 0 Å². The monoisotopic (exact) mass is 343 g/mol. The molecule has 0 radical (unpaired) electrons. The number of amides is 1. The van der Waals surface area contributed by atoms with Crippen molar-refractivity contribution in [3.8, 4) is 0 Å². The summed E-state index contributed by atoms with van der Waals surface area (Å²) in [4.78, 5) is 22.0. The van der Waals surface area contributed by atoms with Gasteiger partial charge in [-0.15, -0.1) is 0 Å². The molecular formula is C14H20BrN3O2. The Morgan fingerprint density at radius 2 is 1.95 bits per heavy atom. The van der Waals surface area contributed by atoms with E-state index in [1.165, 1.54) is 0 Å². The number of piperidine rings is 1. The molecule has 0 atom stereocenters. The Balaban J connectivity index is 1.99. The summed E-state index contributed by atoms with van der Waals surface area (Å²) < 4.78 is 21.1. The molecule has 1 amide bonds. The van der Waals surface area contributed by atoms with E-state index in [2.05, 4.69) is 25.9 Å². The molecular weight excluding hydrogens is 322 g/mol. The highest BCUT2D eigenvalue weighted by atomic mass is 79.9. The molecule has 5 nitrogen and oxygen atoms in total. The van der Waals surface area contributed by atoms with Gasteiger partial charge in [0.1, 0.15) is 11.4 Å². The summed E-state index contributed by atoms with van der Waals surface area (Å²) in [6, 6.07) is 0. The van der Waals surface area contributed by atoms with Crippen molar-refractivity contribution < 1.29 is 12.3 Å². The number of ether oxygens (including phenoxy) is 1. The second-order valence-corrected chi connectivity index (χ2v) is 6.65. The van der Waals surface area contributed by atoms with Crippen molar-refractivity contribution in [2.24, 2.45) is 0 Å². The lowest BCUT2D eigenvalue weighted by Gasteiger charge is -2.32. The minimum Gasteiger partial charge on any atom is -0.444 e. The van der Waals surface area contributed by atoms with E-state index in [4.69, 9.17) is 7.48 Å². The molecule has 0 aliphatic carbocycles. The number of aromatic nitrogens is 2. The van der Waals surface area contributed by atoms with Crippen LogP contribution in [0.1, 0.15) is 48.1 Å². The maximum Gasteiger partial charge on any atom is 0.410 e. The maximum atomic E-state index is 12.0. The highest BCUT2D eigenvalue weighted by molar-refractivity contribution is 9.10. The Labute approximate surface area is 130 Å². The first-order valence-electron chi connectivity index (χ1n) is 7.66. The summed E-state index contributed by atoms with van der Waals surface area (Å²) in [5.41, 5.74) is -0.497. The van der Waals surface area contributed by atoms with Crippen molar-refractivity contribution in [2.75, 3.05) is 13.1 Å². The molecule has 1 saturated heterocycles. The van der Waals surface area contributed by atoms with Gasteiger partial charge in [-0.3, -0.25) is 0 Å². The number of likely N-dealkylation sites (tertiary alicyclic amines) is 1. The number of rotatable bonds is 1. The third-order valence-electron chi connectivity index (χ3n) is 3.05.